The second-order valence-corrected chi connectivity index (χ2v) is 7.03. The number of aryl methyl sites for hydroxylation is 1. The first-order valence-electron chi connectivity index (χ1n) is 9.45. The summed E-state index contributed by atoms with van der Waals surface area (Å²) in [6.07, 6.45) is 1.40. The van der Waals surface area contributed by atoms with E-state index >= 15 is 0 Å². The number of nitrogens with two attached hydrogens (primary N) is 1. The first-order valence-corrected chi connectivity index (χ1v) is 9.45. The van der Waals surface area contributed by atoms with Crippen molar-refractivity contribution >= 4 is 28.1 Å². The van der Waals surface area contributed by atoms with Crippen LogP contribution in [-0.2, 0) is 7.05 Å². The zero-order valence-corrected chi connectivity index (χ0v) is 16.3. The zero-order chi connectivity index (χ0) is 21.3. The van der Waals surface area contributed by atoms with Gasteiger partial charge in [-0.05, 0) is 36.4 Å². The molecule has 0 radical (unpaired) electrons. The summed E-state index contributed by atoms with van der Waals surface area (Å²) < 4.78 is 6.87. The van der Waals surface area contributed by atoms with Crippen LogP contribution in [0, 0.1) is 0 Å². The van der Waals surface area contributed by atoms with E-state index in [1.165, 1.54) is 10.8 Å². The summed E-state index contributed by atoms with van der Waals surface area (Å²) in [7, 11) is 1.58. The lowest BCUT2D eigenvalue weighted by Crippen LogP contribution is -2.26. The second-order valence-electron chi connectivity index (χ2n) is 7.03. The van der Waals surface area contributed by atoms with E-state index in [0.29, 0.717) is 28.0 Å². The highest BCUT2D eigenvalue weighted by molar-refractivity contribution is 6.03. The number of aromatic nitrogens is 1. The number of hydrogen-bond acceptors (Lipinski definition) is 6. The molecule has 0 aliphatic carbocycles. The number of nitrogen functional groups attached to an aromatic ring is 1. The van der Waals surface area contributed by atoms with Crippen molar-refractivity contribution in [1.29, 1.82) is 0 Å². The number of aromatic hydroxyl groups is 1. The third kappa shape index (κ3) is 3.41. The molecule has 2 heterocycles. The fraction of sp³-hybridized carbons (Fsp3) is 0.130. The molecule has 152 valence electrons. The Bertz CT molecular complexity index is 1280. The molecule has 4 rings (SSSR count). The third-order valence-electron chi connectivity index (χ3n) is 5.12. The monoisotopic (exact) mass is 403 g/mol. The molecule has 7 heteroatoms. The summed E-state index contributed by atoms with van der Waals surface area (Å²) in [6, 6.07) is 17.0. The number of pyridine rings is 1. The number of anilines is 2. The van der Waals surface area contributed by atoms with Crippen molar-refractivity contribution in [3.63, 3.8) is 0 Å². The van der Waals surface area contributed by atoms with Crippen molar-refractivity contribution in [3.8, 4) is 5.75 Å². The van der Waals surface area contributed by atoms with Crippen LogP contribution in [0.1, 0.15) is 28.6 Å². The van der Waals surface area contributed by atoms with Crippen LogP contribution in [0.25, 0.3) is 10.9 Å². The highest BCUT2D eigenvalue weighted by Gasteiger charge is 2.26. The Labute approximate surface area is 172 Å². The van der Waals surface area contributed by atoms with E-state index in [-0.39, 0.29) is 17.7 Å². The maximum atomic E-state index is 13.2. The molecule has 2 aromatic heterocycles. The lowest BCUT2D eigenvalue weighted by Gasteiger charge is -2.19. The van der Waals surface area contributed by atoms with E-state index in [1.807, 2.05) is 12.1 Å². The molecule has 0 fully saturated rings. The number of carbonyl (C=O) groups excluding carboxylic acids is 1. The summed E-state index contributed by atoms with van der Waals surface area (Å²) in [6.45, 7) is 0. The Kier molecular flexibility index (Phi) is 5.02. The number of fused-ring (bicyclic) bond motifs is 1. The molecule has 0 aliphatic rings. The molecule has 2 aromatic carbocycles. The second kappa shape index (κ2) is 7.79. The highest BCUT2D eigenvalue weighted by Crippen LogP contribution is 2.31. The SMILES string of the molecule is Cn1c(=O)c(C(=O)C[C@H](Nc2ccccc2N)c2ccco2)c(O)c2ccccc21. The van der Waals surface area contributed by atoms with Gasteiger partial charge in [0.15, 0.2) is 5.78 Å². The molecule has 4 N–H and O–H groups in total. The molecule has 0 aliphatic heterocycles. The third-order valence-corrected chi connectivity index (χ3v) is 5.12. The van der Waals surface area contributed by atoms with Crippen molar-refractivity contribution in [1.82, 2.24) is 4.57 Å². The largest absolute Gasteiger partial charge is 0.506 e. The quantitative estimate of drug-likeness (QED) is 0.333. The number of benzene rings is 2. The van der Waals surface area contributed by atoms with Crippen molar-refractivity contribution in [2.24, 2.45) is 7.05 Å². The molecule has 4 aromatic rings. The van der Waals surface area contributed by atoms with Gasteiger partial charge in [-0.2, -0.15) is 0 Å². The summed E-state index contributed by atoms with van der Waals surface area (Å²) >= 11 is 0. The summed E-state index contributed by atoms with van der Waals surface area (Å²) in [5, 5.41) is 14.4. The Morgan fingerprint density at radius 2 is 1.87 bits per heavy atom. The lowest BCUT2D eigenvalue weighted by molar-refractivity contribution is 0.0969. The van der Waals surface area contributed by atoms with Gasteiger partial charge in [-0.15, -0.1) is 0 Å². The Morgan fingerprint density at radius 3 is 2.60 bits per heavy atom. The maximum absolute atomic E-state index is 13.2. The van der Waals surface area contributed by atoms with Crippen LogP contribution in [0.15, 0.2) is 76.1 Å². The number of carbonyl (C=O) groups is 1. The molecule has 0 unspecified atom stereocenters. The number of nitrogens with zero attached hydrogens (tertiary/aromatic N) is 1. The van der Waals surface area contributed by atoms with E-state index in [4.69, 9.17) is 10.2 Å². The topological polar surface area (TPSA) is 110 Å². The van der Waals surface area contributed by atoms with Gasteiger partial charge >= 0.3 is 0 Å². The number of rotatable bonds is 6. The zero-order valence-electron chi connectivity index (χ0n) is 16.3. The van der Waals surface area contributed by atoms with Gasteiger partial charge in [-0.25, -0.2) is 0 Å². The van der Waals surface area contributed by atoms with Crippen molar-refractivity contribution in [2.75, 3.05) is 11.1 Å². The van der Waals surface area contributed by atoms with Crippen LogP contribution in [0.4, 0.5) is 11.4 Å². The van der Waals surface area contributed by atoms with E-state index in [9.17, 15) is 14.7 Å². The normalized spacial score (nSPS) is 12.0. The lowest BCUT2D eigenvalue weighted by atomic mass is 10.00. The first kappa shape index (κ1) is 19.3. The predicted molar refractivity (Wildman–Crippen MR) is 116 cm³/mol. The van der Waals surface area contributed by atoms with Crippen molar-refractivity contribution < 1.29 is 14.3 Å². The molecular weight excluding hydrogens is 382 g/mol. The van der Waals surface area contributed by atoms with Gasteiger partial charge in [-0.1, -0.05) is 24.3 Å². The standard InChI is InChI=1S/C23H21N3O4/c1-26-18-10-5-2-7-14(18)22(28)21(23(26)29)19(27)13-17(20-11-6-12-30-20)25-16-9-4-3-8-15(16)24/h2-12,17,25,28H,13,24H2,1H3/t17-/m0/s1. The fourth-order valence-corrected chi connectivity index (χ4v) is 3.55. The number of hydrogen-bond donors (Lipinski definition) is 3. The molecule has 30 heavy (non-hydrogen) atoms. The number of nitrogens with one attached hydrogen (secondary N) is 1. The van der Waals surface area contributed by atoms with Crippen LogP contribution in [0.3, 0.4) is 0 Å². The van der Waals surface area contributed by atoms with E-state index in [0.717, 1.165) is 0 Å². The fourth-order valence-electron chi connectivity index (χ4n) is 3.55. The van der Waals surface area contributed by atoms with Crippen LogP contribution in [0.2, 0.25) is 0 Å². The van der Waals surface area contributed by atoms with Gasteiger partial charge in [0.1, 0.15) is 17.1 Å². The van der Waals surface area contributed by atoms with Gasteiger partial charge in [0.05, 0.1) is 29.2 Å². The minimum absolute atomic E-state index is 0.108. The van der Waals surface area contributed by atoms with E-state index < -0.39 is 17.4 Å². The number of ketones is 1. The van der Waals surface area contributed by atoms with Crippen LogP contribution < -0.4 is 16.6 Å². The summed E-state index contributed by atoms with van der Waals surface area (Å²) in [5.74, 6) is -0.290. The van der Waals surface area contributed by atoms with Crippen LogP contribution in [0.5, 0.6) is 5.75 Å². The van der Waals surface area contributed by atoms with Gasteiger partial charge < -0.3 is 25.1 Å². The van der Waals surface area contributed by atoms with Crippen LogP contribution >= 0.6 is 0 Å². The van der Waals surface area contributed by atoms with Gasteiger partial charge in [0, 0.05) is 18.9 Å². The Balaban J connectivity index is 1.73. The number of Topliss-reactive ketones (excluding diaryl/α,β-unsaturated/α-hetero) is 1. The average molecular weight is 403 g/mol. The molecule has 1 atom stereocenters. The first-order chi connectivity index (χ1) is 14.5. The molecule has 0 saturated heterocycles. The van der Waals surface area contributed by atoms with Gasteiger partial charge in [0.25, 0.3) is 5.56 Å². The maximum Gasteiger partial charge on any atom is 0.265 e. The summed E-state index contributed by atoms with van der Waals surface area (Å²) in [5.41, 5.74) is 6.95. The van der Waals surface area contributed by atoms with E-state index in [1.54, 1.807) is 55.6 Å². The number of para-hydroxylation sites is 3. The smallest absolute Gasteiger partial charge is 0.265 e. The molecule has 0 saturated carbocycles. The average Bonchev–Trinajstić information content (AvgIpc) is 3.28. The minimum Gasteiger partial charge on any atom is -0.506 e. The Hall–Kier alpha value is -4.00. The molecule has 0 bridgehead atoms. The minimum atomic E-state index is -0.576. The van der Waals surface area contributed by atoms with Gasteiger partial charge in [0.2, 0.25) is 0 Å². The molecule has 7 nitrogen and oxygen atoms in total. The molecule has 0 spiro atoms. The van der Waals surface area contributed by atoms with Crippen molar-refractivity contribution in [3.05, 3.63) is 88.6 Å². The molecular formula is C23H21N3O4. The molecule has 0 amide bonds. The highest BCUT2D eigenvalue weighted by atomic mass is 16.3. The van der Waals surface area contributed by atoms with Gasteiger partial charge in [-0.3, -0.25) is 9.59 Å². The van der Waals surface area contributed by atoms with Crippen molar-refractivity contribution in [2.45, 2.75) is 12.5 Å². The summed E-state index contributed by atoms with van der Waals surface area (Å²) in [4.78, 5) is 26.0. The Morgan fingerprint density at radius 1 is 1.13 bits per heavy atom. The van der Waals surface area contributed by atoms with Crippen LogP contribution in [-0.4, -0.2) is 15.5 Å². The number of furan rings is 1. The van der Waals surface area contributed by atoms with E-state index in [2.05, 4.69) is 5.32 Å². The predicted octanol–water partition coefficient (Wildman–Crippen LogP) is 3.85.